The van der Waals surface area contributed by atoms with Gasteiger partial charge in [0.15, 0.2) is 0 Å². The number of aromatic nitrogens is 1. The fraction of sp³-hybridized carbons (Fsp3) is 0.667. The van der Waals surface area contributed by atoms with E-state index in [0.29, 0.717) is 17.9 Å². The number of nitrogens with one attached hydrogen (secondary N) is 1. The van der Waals surface area contributed by atoms with Crippen molar-refractivity contribution in [1.82, 2.24) is 14.8 Å². The van der Waals surface area contributed by atoms with Crippen LogP contribution in [0.4, 0.5) is 5.69 Å². The summed E-state index contributed by atoms with van der Waals surface area (Å²) in [5.41, 5.74) is 7.10. The number of amides is 1. The van der Waals surface area contributed by atoms with Crippen molar-refractivity contribution >= 4 is 11.6 Å². The van der Waals surface area contributed by atoms with E-state index in [1.54, 1.807) is 6.07 Å². The maximum atomic E-state index is 12.2. The molecule has 0 bridgehead atoms. The minimum Gasteiger partial charge on any atom is -0.397 e. The van der Waals surface area contributed by atoms with Crippen LogP contribution in [0.15, 0.2) is 12.3 Å². The molecule has 5 nitrogen and oxygen atoms in total. The molecule has 0 radical (unpaired) electrons. The molecular weight excluding hydrogens is 252 g/mol. The van der Waals surface area contributed by atoms with Gasteiger partial charge in [-0.1, -0.05) is 13.8 Å². The van der Waals surface area contributed by atoms with Gasteiger partial charge in [0, 0.05) is 31.9 Å². The van der Waals surface area contributed by atoms with E-state index < -0.39 is 0 Å². The van der Waals surface area contributed by atoms with Crippen LogP contribution in [0.5, 0.6) is 0 Å². The van der Waals surface area contributed by atoms with Gasteiger partial charge in [-0.3, -0.25) is 9.69 Å². The van der Waals surface area contributed by atoms with Crippen LogP contribution in [0, 0.1) is 0 Å². The second kappa shape index (κ2) is 6.79. The first-order chi connectivity index (χ1) is 9.65. The van der Waals surface area contributed by atoms with Crippen molar-refractivity contribution in [3.05, 3.63) is 18.0 Å². The molecule has 3 N–H and O–H groups in total. The molecule has 0 unspecified atom stereocenters. The Balaban J connectivity index is 1.84. The number of anilines is 1. The molecule has 1 aromatic heterocycles. The standard InChI is InChI=1S/C15H26N4O/c1-3-8-19-11-12(16)10-14(19)15(20)17-7-9-18(4-2)13-5-6-13/h10-11,13H,3-9,16H2,1-2H3,(H,17,20). The molecule has 1 amide bonds. The zero-order chi connectivity index (χ0) is 14.5. The number of carbonyl (C=O) groups excluding carboxylic acids is 1. The van der Waals surface area contributed by atoms with E-state index in [0.717, 1.165) is 32.1 Å². The van der Waals surface area contributed by atoms with E-state index in [-0.39, 0.29) is 5.91 Å². The van der Waals surface area contributed by atoms with Crippen LogP contribution in [0.2, 0.25) is 0 Å². The molecule has 1 aromatic rings. The molecular formula is C15H26N4O. The Morgan fingerprint density at radius 3 is 2.85 bits per heavy atom. The molecule has 20 heavy (non-hydrogen) atoms. The van der Waals surface area contributed by atoms with Crippen molar-refractivity contribution in [1.29, 1.82) is 0 Å². The smallest absolute Gasteiger partial charge is 0.268 e. The quantitative estimate of drug-likeness (QED) is 0.760. The fourth-order valence-corrected chi connectivity index (χ4v) is 2.59. The predicted octanol–water partition coefficient (Wildman–Crippen LogP) is 1.69. The van der Waals surface area contributed by atoms with E-state index in [4.69, 9.17) is 5.73 Å². The summed E-state index contributed by atoms with van der Waals surface area (Å²) in [5, 5.41) is 3.00. The minimum atomic E-state index is -0.0259. The van der Waals surface area contributed by atoms with Gasteiger partial charge in [-0.2, -0.15) is 0 Å². The highest BCUT2D eigenvalue weighted by Crippen LogP contribution is 2.25. The van der Waals surface area contributed by atoms with Crippen molar-refractivity contribution in [2.24, 2.45) is 0 Å². The summed E-state index contributed by atoms with van der Waals surface area (Å²) in [6.07, 6.45) is 5.43. The molecule has 0 spiro atoms. The minimum absolute atomic E-state index is 0.0259. The molecule has 112 valence electrons. The number of carbonyl (C=O) groups is 1. The number of rotatable bonds is 8. The molecule has 1 aliphatic carbocycles. The van der Waals surface area contributed by atoms with Crippen molar-refractivity contribution in [2.75, 3.05) is 25.4 Å². The number of hydrogen-bond acceptors (Lipinski definition) is 3. The predicted molar refractivity (Wildman–Crippen MR) is 81.7 cm³/mol. The monoisotopic (exact) mass is 278 g/mol. The Hall–Kier alpha value is -1.49. The van der Waals surface area contributed by atoms with Crippen molar-refractivity contribution in [3.63, 3.8) is 0 Å². The third-order valence-electron chi connectivity index (χ3n) is 3.77. The van der Waals surface area contributed by atoms with Gasteiger partial charge in [0.25, 0.3) is 5.91 Å². The van der Waals surface area contributed by atoms with Gasteiger partial charge in [0.2, 0.25) is 0 Å². The number of nitrogens with two attached hydrogens (primary N) is 1. The van der Waals surface area contributed by atoms with Gasteiger partial charge < -0.3 is 15.6 Å². The molecule has 1 aliphatic rings. The summed E-state index contributed by atoms with van der Waals surface area (Å²) in [6.45, 7) is 7.76. The summed E-state index contributed by atoms with van der Waals surface area (Å²) < 4.78 is 1.93. The van der Waals surface area contributed by atoms with Crippen LogP contribution in [0.1, 0.15) is 43.6 Å². The van der Waals surface area contributed by atoms with Gasteiger partial charge in [0.05, 0.1) is 5.69 Å². The van der Waals surface area contributed by atoms with Crippen molar-refractivity contribution < 1.29 is 4.79 Å². The number of aryl methyl sites for hydroxylation is 1. The van der Waals surface area contributed by atoms with Crippen LogP contribution in [-0.2, 0) is 6.54 Å². The zero-order valence-corrected chi connectivity index (χ0v) is 12.6. The molecule has 1 saturated carbocycles. The van der Waals surface area contributed by atoms with Crippen molar-refractivity contribution in [3.8, 4) is 0 Å². The lowest BCUT2D eigenvalue weighted by atomic mass is 10.3. The van der Waals surface area contributed by atoms with E-state index in [1.165, 1.54) is 12.8 Å². The Morgan fingerprint density at radius 2 is 2.25 bits per heavy atom. The third kappa shape index (κ3) is 3.76. The molecule has 1 heterocycles. The van der Waals surface area contributed by atoms with E-state index >= 15 is 0 Å². The van der Waals surface area contributed by atoms with Gasteiger partial charge in [0.1, 0.15) is 5.69 Å². The highest BCUT2D eigenvalue weighted by Gasteiger charge is 2.27. The molecule has 0 saturated heterocycles. The average Bonchev–Trinajstić information content (AvgIpc) is 3.19. The second-order valence-corrected chi connectivity index (χ2v) is 5.47. The van der Waals surface area contributed by atoms with Crippen molar-refractivity contribution in [2.45, 2.75) is 45.7 Å². The maximum Gasteiger partial charge on any atom is 0.268 e. The summed E-state index contributed by atoms with van der Waals surface area (Å²) in [7, 11) is 0. The van der Waals surface area contributed by atoms with E-state index in [9.17, 15) is 4.79 Å². The number of likely N-dealkylation sites (N-methyl/N-ethyl adjacent to an activating group) is 1. The van der Waals surface area contributed by atoms with Gasteiger partial charge in [-0.05, 0) is 31.9 Å². The second-order valence-electron chi connectivity index (χ2n) is 5.47. The number of hydrogen-bond donors (Lipinski definition) is 2. The Morgan fingerprint density at radius 1 is 1.50 bits per heavy atom. The Kier molecular flexibility index (Phi) is 5.06. The average molecular weight is 278 g/mol. The van der Waals surface area contributed by atoms with Crippen LogP contribution in [-0.4, -0.2) is 41.1 Å². The van der Waals surface area contributed by atoms with E-state index in [2.05, 4.69) is 24.1 Å². The normalized spacial score (nSPS) is 14.8. The fourth-order valence-electron chi connectivity index (χ4n) is 2.59. The highest BCUT2D eigenvalue weighted by atomic mass is 16.1. The number of nitrogens with zero attached hydrogens (tertiary/aromatic N) is 2. The van der Waals surface area contributed by atoms with E-state index in [1.807, 2.05) is 10.8 Å². The first-order valence-electron chi connectivity index (χ1n) is 7.63. The lowest BCUT2D eigenvalue weighted by Gasteiger charge is -2.19. The van der Waals surface area contributed by atoms with Crippen LogP contribution in [0.3, 0.4) is 0 Å². The topological polar surface area (TPSA) is 63.3 Å². The molecule has 0 aliphatic heterocycles. The van der Waals surface area contributed by atoms with Crippen LogP contribution < -0.4 is 11.1 Å². The van der Waals surface area contributed by atoms with Crippen LogP contribution in [0.25, 0.3) is 0 Å². The number of nitrogen functional groups attached to an aromatic ring is 1. The molecule has 2 rings (SSSR count). The van der Waals surface area contributed by atoms with Gasteiger partial charge in [-0.15, -0.1) is 0 Å². The summed E-state index contributed by atoms with van der Waals surface area (Å²) in [4.78, 5) is 14.6. The lowest BCUT2D eigenvalue weighted by Crippen LogP contribution is -2.36. The zero-order valence-electron chi connectivity index (χ0n) is 12.6. The largest absolute Gasteiger partial charge is 0.397 e. The Labute approximate surface area is 121 Å². The van der Waals surface area contributed by atoms with Gasteiger partial charge in [-0.25, -0.2) is 0 Å². The molecule has 5 heteroatoms. The maximum absolute atomic E-state index is 12.2. The molecule has 1 fully saturated rings. The highest BCUT2D eigenvalue weighted by molar-refractivity contribution is 5.93. The summed E-state index contributed by atoms with van der Waals surface area (Å²) in [6, 6.07) is 2.50. The lowest BCUT2D eigenvalue weighted by molar-refractivity contribution is 0.0938. The summed E-state index contributed by atoms with van der Waals surface area (Å²) >= 11 is 0. The molecule has 0 atom stereocenters. The Bertz CT molecular complexity index is 451. The molecule has 0 aromatic carbocycles. The first kappa shape index (κ1) is 14.9. The van der Waals surface area contributed by atoms with Crippen LogP contribution >= 0.6 is 0 Å². The third-order valence-corrected chi connectivity index (χ3v) is 3.77. The van der Waals surface area contributed by atoms with Gasteiger partial charge >= 0.3 is 0 Å². The summed E-state index contributed by atoms with van der Waals surface area (Å²) in [5.74, 6) is -0.0259. The SMILES string of the molecule is CCCn1cc(N)cc1C(=O)NCCN(CC)C1CC1. The first-order valence-corrected chi connectivity index (χ1v) is 7.63.